The minimum atomic E-state index is -0.628. The number of esters is 1. The van der Waals surface area contributed by atoms with Crippen LogP contribution >= 0.6 is 0 Å². The maximum absolute atomic E-state index is 12.2. The highest BCUT2D eigenvalue weighted by Gasteiger charge is 2.35. The summed E-state index contributed by atoms with van der Waals surface area (Å²) in [5.74, 6) is -0.159. The van der Waals surface area contributed by atoms with E-state index in [2.05, 4.69) is 29.2 Å². The van der Waals surface area contributed by atoms with Gasteiger partial charge in [0, 0.05) is 19.1 Å². The van der Waals surface area contributed by atoms with Gasteiger partial charge < -0.3 is 19.9 Å². The summed E-state index contributed by atoms with van der Waals surface area (Å²) in [5.41, 5.74) is -0.628. The molecular formula is C15H31N3O2. The standard InChI is InChI=1S/C15H31N3O2/c1-6-16-15(3,14(19)20-7-2)12-17(4)11-13-9-8-10-18(13)5/h13,16H,6-12H2,1-5H3. The van der Waals surface area contributed by atoms with Crippen molar-refractivity contribution in [3.63, 3.8) is 0 Å². The van der Waals surface area contributed by atoms with E-state index in [9.17, 15) is 4.79 Å². The van der Waals surface area contributed by atoms with Gasteiger partial charge in [-0.2, -0.15) is 0 Å². The minimum Gasteiger partial charge on any atom is -0.465 e. The number of likely N-dealkylation sites (N-methyl/N-ethyl adjacent to an activating group) is 3. The molecule has 1 aliphatic rings. The number of rotatable bonds is 8. The molecule has 0 aromatic heterocycles. The predicted octanol–water partition coefficient (Wildman–Crippen LogP) is 0.944. The number of ether oxygens (including phenoxy) is 1. The third kappa shape index (κ3) is 4.72. The SMILES string of the molecule is CCNC(C)(CN(C)CC1CCCN1C)C(=O)OCC. The summed E-state index contributed by atoms with van der Waals surface area (Å²) in [4.78, 5) is 16.8. The molecule has 1 N–H and O–H groups in total. The van der Waals surface area contributed by atoms with E-state index in [0.29, 0.717) is 19.2 Å². The van der Waals surface area contributed by atoms with E-state index >= 15 is 0 Å². The van der Waals surface area contributed by atoms with Gasteiger partial charge in [-0.15, -0.1) is 0 Å². The van der Waals surface area contributed by atoms with Crippen LogP contribution in [0.1, 0.15) is 33.6 Å². The van der Waals surface area contributed by atoms with Crippen LogP contribution in [0.15, 0.2) is 0 Å². The van der Waals surface area contributed by atoms with Crippen molar-refractivity contribution < 1.29 is 9.53 Å². The van der Waals surface area contributed by atoms with Crippen LogP contribution in [0.2, 0.25) is 0 Å². The molecule has 0 amide bonds. The Morgan fingerprint density at radius 3 is 2.70 bits per heavy atom. The van der Waals surface area contributed by atoms with Crippen molar-refractivity contribution in [2.75, 3.05) is 46.9 Å². The fourth-order valence-corrected chi connectivity index (χ4v) is 3.05. The predicted molar refractivity (Wildman–Crippen MR) is 81.9 cm³/mol. The fraction of sp³-hybridized carbons (Fsp3) is 0.933. The Labute approximate surface area is 123 Å². The van der Waals surface area contributed by atoms with E-state index in [-0.39, 0.29) is 5.97 Å². The molecule has 0 spiro atoms. The maximum Gasteiger partial charge on any atom is 0.327 e. The maximum atomic E-state index is 12.2. The van der Waals surface area contributed by atoms with Gasteiger partial charge >= 0.3 is 5.97 Å². The summed E-state index contributed by atoms with van der Waals surface area (Å²) >= 11 is 0. The summed E-state index contributed by atoms with van der Waals surface area (Å²) in [6.07, 6.45) is 2.52. The van der Waals surface area contributed by atoms with Crippen molar-refractivity contribution in [3.8, 4) is 0 Å². The molecule has 0 aromatic carbocycles. The Hall–Kier alpha value is -0.650. The van der Waals surface area contributed by atoms with Crippen LogP contribution in [-0.2, 0) is 9.53 Å². The van der Waals surface area contributed by atoms with Gasteiger partial charge in [0.1, 0.15) is 5.54 Å². The molecule has 2 unspecified atom stereocenters. The zero-order valence-corrected chi connectivity index (χ0v) is 13.7. The second-order valence-corrected chi connectivity index (χ2v) is 6.06. The normalized spacial score (nSPS) is 23.0. The molecule has 0 radical (unpaired) electrons. The zero-order valence-electron chi connectivity index (χ0n) is 13.7. The molecule has 0 saturated carbocycles. The Bertz CT molecular complexity index is 311. The number of nitrogens with one attached hydrogen (secondary N) is 1. The average molecular weight is 285 g/mol. The van der Waals surface area contributed by atoms with Crippen LogP contribution < -0.4 is 5.32 Å². The first-order valence-corrected chi connectivity index (χ1v) is 7.74. The summed E-state index contributed by atoms with van der Waals surface area (Å²) in [7, 11) is 4.27. The van der Waals surface area contributed by atoms with Crippen LogP contribution in [0.25, 0.3) is 0 Å². The van der Waals surface area contributed by atoms with E-state index in [1.165, 1.54) is 19.4 Å². The quantitative estimate of drug-likeness (QED) is 0.673. The number of hydrogen-bond acceptors (Lipinski definition) is 5. The van der Waals surface area contributed by atoms with Gasteiger partial charge in [0.05, 0.1) is 6.61 Å². The lowest BCUT2D eigenvalue weighted by atomic mass is 10.0. The first-order valence-electron chi connectivity index (χ1n) is 7.74. The molecule has 20 heavy (non-hydrogen) atoms. The number of likely N-dealkylation sites (tertiary alicyclic amines) is 1. The van der Waals surface area contributed by atoms with Gasteiger partial charge in [0.2, 0.25) is 0 Å². The molecular weight excluding hydrogens is 254 g/mol. The molecule has 0 aliphatic carbocycles. The van der Waals surface area contributed by atoms with E-state index in [1.54, 1.807) is 0 Å². The summed E-state index contributed by atoms with van der Waals surface area (Å²) in [5, 5.41) is 3.28. The van der Waals surface area contributed by atoms with Crippen molar-refractivity contribution in [2.24, 2.45) is 0 Å². The van der Waals surface area contributed by atoms with E-state index in [1.807, 2.05) is 20.8 Å². The van der Waals surface area contributed by atoms with Crippen molar-refractivity contribution >= 4 is 5.97 Å². The molecule has 0 aromatic rings. The largest absolute Gasteiger partial charge is 0.465 e. The number of carbonyl (C=O) groups is 1. The lowest BCUT2D eigenvalue weighted by Gasteiger charge is -2.34. The second-order valence-electron chi connectivity index (χ2n) is 6.06. The first kappa shape index (κ1) is 17.4. The van der Waals surface area contributed by atoms with Gasteiger partial charge in [-0.25, -0.2) is 0 Å². The van der Waals surface area contributed by atoms with Crippen LogP contribution in [0.5, 0.6) is 0 Å². The van der Waals surface area contributed by atoms with Gasteiger partial charge in [-0.05, 0) is 53.9 Å². The monoisotopic (exact) mass is 285 g/mol. The Morgan fingerprint density at radius 1 is 1.50 bits per heavy atom. The van der Waals surface area contributed by atoms with Gasteiger partial charge in [-0.3, -0.25) is 4.79 Å². The lowest BCUT2D eigenvalue weighted by molar-refractivity contribution is -0.151. The van der Waals surface area contributed by atoms with Gasteiger partial charge in [-0.1, -0.05) is 6.92 Å². The number of hydrogen-bond donors (Lipinski definition) is 1. The smallest absolute Gasteiger partial charge is 0.327 e. The molecule has 0 bridgehead atoms. The van der Waals surface area contributed by atoms with Crippen molar-refractivity contribution in [3.05, 3.63) is 0 Å². The summed E-state index contributed by atoms with van der Waals surface area (Å²) < 4.78 is 5.21. The van der Waals surface area contributed by atoms with Crippen LogP contribution in [-0.4, -0.2) is 74.2 Å². The summed E-state index contributed by atoms with van der Waals surface area (Å²) in [6, 6.07) is 0.605. The molecule has 1 rings (SSSR count). The van der Waals surface area contributed by atoms with Gasteiger partial charge in [0.15, 0.2) is 0 Å². The topological polar surface area (TPSA) is 44.8 Å². The van der Waals surface area contributed by atoms with Crippen molar-refractivity contribution in [1.82, 2.24) is 15.1 Å². The van der Waals surface area contributed by atoms with E-state index < -0.39 is 5.54 Å². The molecule has 2 atom stereocenters. The Balaban J connectivity index is 2.57. The van der Waals surface area contributed by atoms with E-state index in [4.69, 9.17) is 4.74 Å². The fourth-order valence-electron chi connectivity index (χ4n) is 3.05. The lowest BCUT2D eigenvalue weighted by Crippen LogP contribution is -2.58. The molecule has 118 valence electrons. The Kier molecular flexibility index (Phi) is 6.92. The first-order chi connectivity index (χ1) is 9.42. The Morgan fingerprint density at radius 2 is 2.20 bits per heavy atom. The number of nitrogens with zero attached hydrogens (tertiary/aromatic N) is 2. The van der Waals surface area contributed by atoms with Crippen molar-refractivity contribution in [1.29, 1.82) is 0 Å². The van der Waals surface area contributed by atoms with Crippen LogP contribution in [0.3, 0.4) is 0 Å². The highest BCUT2D eigenvalue weighted by atomic mass is 16.5. The summed E-state index contributed by atoms with van der Waals surface area (Å²) in [6.45, 7) is 9.83. The number of carbonyl (C=O) groups excluding carboxylic acids is 1. The average Bonchev–Trinajstić information content (AvgIpc) is 2.75. The van der Waals surface area contributed by atoms with Crippen LogP contribution in [0, 0.1) is 0 Å². The zero-order chi connectivity index (χ0) is 15.2. The third-order valence-corrected chi connectivity index (χ3v) is 4.07. The highest BCUT2D eigenvalue weighted by molar-refractivity contribution is 5.80. The van der Waals surface area contributed by atoms with Gasteiger partial charge in [0.25, 0.3) is 0 Å². The molecule has 5 nitrogen and oxygen atoms in total. The molecule has 1 heterocycles. The second kappa shape index (κ2) is 7.96. The molecule has 1 aliphatic heterocycles. The minimum absolute atomic E-state index is 0.159. The molecule has 5 heteroatoms. The molecule has 1 fully saturated rings. The van der Waals surface area contributed by atoms with Crippen molar-refractivity contribution in [2.45, 2.75) is 45.2 Å². The third-order valence-electron chi connectivity index (χ3n) is 4.07. The highest BCUT2D eigenvalue weighted by Crippen LogP contribution is 2.17. The van der Waals surface area contributed by atoms with E-state index in [0.717, 1.165) is 13.1 Å². The molecule has 1 saturated heterocycles. The van der Waals surface area contributed by atoms with Crippen LogP contribution in [0.4, 0.5) is 0 Å².